The van der Waals surface area contributed by atoms with Crippen LogP contribution < -0.4 is 5.32 Å². The number of carbonyl (C=O) groups is 1. The van der Waals surface area contributed by atoms with Crippen LogP contribution in [0.4, 0.5) is 5.69 Å². The van der Waals surface area contributed by atoms with Crippen molar-refractivity contribution in [2.24, 2.45) is 0 Å². The van der Waals surface area contributed by atoms with Crippen molar-refractivity contribution in [1.82, 2.24) is 18.9 Å². The Morgan fingerprint density at radius 3 is 2.59 bits per heavy atom. The van der Waals surface area contributed by atoms with Crippen LogP contribution in [-0.2, 0) is 21.2 Å². The van der Waals surface area contributed by atoms with Crippen LogP contribution in [-0.4, -0.2) is 47.3 Å². The fraction of sp³-hybridized carbons (Fsp3) is 0.261. The van der Waals surface area contributed by atoms with E-state index < -0.39 is 10.0 Å². The molecule has 2 heterocycles. The summed E-state index contributed by atoms with van der Waals surface area (Å²) in [6, 6.07) is 14.1. The van der Waals surface area contributed by atoms with Gasteiger partial charge < -0.3 is 5.32 Å². The molecule has 4 rings (SSSR count). The number of carbonyl (C=O) groups excluding carboxylic acids is 1. The Bertz CT molecular complexity index is 1440. The number of rotatable bonds is 6. The van der Waals surface area contributed by atoms with Crippen LogP contribution in [0.5, 0.6) is 0 Å². The number of anilines is 1. The Morgan fingerprint density at radius 2 is 1.84 bits per heavy atom. The summed E-state index contributed by atoms with van der Waals surface area (Å²) in [7, 11) is -0.628. The summed E-state index contributed by atoms with van der Waals surface area (Å²) in [5.74, 6) is -0.200. The van der Waals surface area contributed by atoms with Gasteiger partial charge in [0.25, 0.3) is 0 Å². The summed E-state index contributed by atoms with van der Waals surface area (Å²) in [6.45, 7) is 3.92. The minimum atomic E-state index is -3.57. The highest BCUT2D eigenvalue weighted by atomic mass is 32.2. The van der Waals surface area contributed by atoms with E-state index in [4.69, 9.17) is 4.98 Å². The molecule has 166 valence electrons. The first-order valence-corrected chi connectivity index (χ1v) is 11.7. The third-order valence-electron chi connectivity index (χ3n) is 5.52. The molecule has 0 bridgehead atoms. The molecule has 0 unspecified atom stereocenters. The molecule has 2 aromatic carbocycles. The average molecular weight is 452 g/mol. The fourth-order valence-corrected chi connectivity index (χ4v) is 4.69. The van der Waals surface area contributed by atoms with Gasteiger partial charge in [0, 0.05) is 43.0 Å². The number of aryl methyl sites for hydroxylation is 2. The van der Waals surface area contributed by atoms with Gasteiger partial charge in [0.15, 0.2) is 5.65 Å². The van der Waals surface area contributed by atoms with E-state index in [0.717, 1.165) is 37.8 Å². The second-order valence-corrected chi connectivity index (χ2v) is 10.0. The van der Waals surface area contributed by atoms with Crippen LogP contribution in [0.2, 0.25) is 0 Å². The standard InChI is InChI=1S/C23H25N5O3S/c1-15-19(16(2)28-23(24-15)20-10-5-6-11-21(20)26-28)12-13-22(29)25-17-8-7-9-18(14-17)32(30,31)27(3)4/h5-11,14H,12-13H2,1-4H3,(H,25,29). The van der Waals surface area contributed by atoms with Crippen LogP contribution in [0.15, 0.2) is 53.4 Å². The van der Waals surface area contributed by atoms with E-state index in [2.05, 4.69) is 10.4 Å². The number of amides is 1. The molecule has 9 heteroatoms. The first-order valence-electron chi connectivity index (χ1n) is 10.2. The number of fused-ring (bicyclic) bond motifs is 3. The van der Waals surface area contributed by atoms with E-state index in [0.29, 0.717) is 12.1 Å². The number of sulfonamides is 1. The summed E-state index contributed by atoms with van der Waals surface area (Å²) in [5.41, 5.74) is 4.93. The molecule has 0 aliphatic rings. The highest BCUT2D eigenvalue weighted by Gasteiger charge is 2.18. The zero-order valence-electron chi connectivity index (χ0n) is 18.5. The van der Waals surface area contributed by atoms with Gasteiger partial charge in [0.2, 0.25) is 15.9 Å². The number of hydrogen-bond acceptors (Lipinski definition) is 5. The van der Waals surface area contributed by atoms with Gasteiger partial charge in [-0.2, -0.15) is 5.10 Å². The monoisotopic (exact) mass is 451 g/mol. The molecule has 0 aliphatic heterocycles. The molecule has 1 amide bonds. The van der Waals surface area contributed by atoms with Crippen molar-refractivity contribution in [3.63, 3.8) is 0 Å². The minimum Gasteiger partial charge on any atom is -0.326 e. The summed E-state index contributed by atoms with van der Waals surface area (Å²) in [5, 5.41) is 8.44. The van der Waals surface area contributed by atoms with Crippen molar-refractivity contribution in [2.45, 2.75) is 31.6 Å². The molecular formula is C23H25N5O3S. The zero-order valence-corrected chi connectivity index (χ0v) is 19.3. The molecule has 2 aromatic heterocycles. The predicted octanol–water partition coefficient (Wildman–Crippen LogP) is 3.32. The first kappa shape index (κ1) is 21.9. The smallest absolute Gasteiger partial charge is 0.242 e. The molecule has 0 fully saturated rings. The lowest BCUT2D eigenvalue weighted by Crippen LogP contribution is -2.22. The van der Waals surface area contributed by atoms with Gasteiger partial charge in [-0.1, -0.05) is 18.2 Å². The average Bonchev–Trinajstić information content (AvgIpc) is 3.12. The third-order valence-corrected chi connectivity index (χ3v) is 7.33. The quantitative estimate of drug-likeness (QED) is 0.485. The molecule has 0 radical (unpaired) electrons. The van der Waals surface area contributed by atoms with Crippen molar-refractivity contribution in [1.29, 1.82) is 0 Å². The molecule has 0 saturated carbocycles. The van der Waals surface area contributed by atoms with E-state index in [1.165, 1.54) is 26.2 Å². The van der Waals surface area contributed by atoms with Gasteiger partial charge in [-0.15, -0.1) is 0 Å². The van der Waals surface area contributed by atoms with Crippen molar-refractivity contribution in [2.75, 3.05) is 19.4 Å². The predicted molar refractivity (Wildman–Crippen MR) is 124 cm³/mol. The highest BCUT2D eigenvalue weighted by Crippen LogP contribution is 2.23. The summed E-state index contributed by atoms with van der Waals surface area (Å²) in [6.07, 6.45) is 0.735. The van der Waals surface area contributed by atoms with Gasteiger partial charge in [0.1, 0.15) is 0 Å². The highest BCUT2D eigenvalue weighted by molar-refractivity contribution is 7.89. The Balaban J connectivity index is 1.53. The Kier molecular flexibility index (Phi) is 5.70. The van der Waals surface area contributed by atoms with Crippen LogP contribution >= 0.6 is 0 Å². The summed E-state index contributed by atoms with van der Waals surface area (Å²) < 4.78 is 27.6. The number of benzene rings is 2. The molecule has 4 aromatic rings. The van der Waals surface area contributed by atoms with Gasteiger partial charge in [-0.3, -0.25) is 4.79 Å². The summed E-state index contributed by atoms with van der Waals surface area (Å²) in [4.78, 5) is 17.5. The number of nitrogens with zero attached hydrogens (tertiary/aromatic N) is 4. The SMILES string of the molecule is Cc1nc2c3ccccc3nn2c(C)c1CCC(=O)Nc1cccc(S(=O)(=O)N(C)C)c1. The molecule has 0 spiro atoms. The second-order valence-electron chi connectivity index (χ2n) is 7.88. The normalized spacial score (nSPS) is 12.0. The van der Waals surface area contributed by atoms with Crippen LogP contribution in [0.25, 0.3) is 16.6 Å². The minimum absolute atomic E-state index is 0.132. The Labute approximate surface area is 186 Å². The summed E-state index contributed by atoms with van der Waals surface area (Å²) >= 11 is 0. The van der Waals surface area contributed by atoms with E-state index in [9.17, 15) is 13.2 Å². The first-order chi connectivity index (χ1) is 15.2. The molecule has 1 N–H and O–H groups in total. The Morgan fingerprint density at radius 1 is 1.09 bits per heavy atom. The second kappa shape index (κ2) is 8.33. The fourth-order valence-electron chi connectivity index (χ4n) is 3.75. The number of hydrogen-bond donors (Lipinski definition) is 1. The van der Waals surface area contributed by atoms with Crippen molar-refractivity contribution >= 4 is 38.2 Å². The molecule has 32 heavy (non-hydrogen) atoms. The van der Waals surface area contributed by atoms with E-state index in [1.54, 1.807) is 12.1 Å². The maximum absolute atomic E-state index is 12.6. The van der Waals surface area contributed by atoms with E-state index >= 15 is 0 Å². The lowest BCUT2D eigenvalue weighted by molar-refractivity contribution is -0.116. The van der Waals surface area contributed by atoms with E-state index in [1.807, 2.05) is 42.6 Å². The molecule has 0 atom stereocenters. The molecule has 0 saturated heterocycles. The van der Waals surface area contributed by atoms with Crippen LogP contribution in [0.1, 0.15) is 23.4 Å². The number of nitrogens with one attached hydrogen (secondary N) is 1. The Hall–Kier alpha value is -3.30. The van der Waals surface area contributed by atoms with Crippen LogP contribution in [0, 0.1) is 13.8 Å². The van der Waals surface area contributed by atoms with E-state index in [-0.39, 0.29) is 17.2 Å². The molecule has 0 aliphatic carbocycles. The lowest BCUT2D eigenvalue weighted by atomic mass is 10.1. The van der Waals surface area contributed by atoms with Crippen molar-refractivity contribution in [3.8, 4) is 0 Å². The maximum Gasteiger partial charge on any atom is 0.242 e. The van der Waals surface area contributed by atoms with Gasteiger partial charge in [-0.05, 0) is 56.2 Å². The largest absolute Gasteiger partial charge is 0.326 e. The maximum atomic E-state index is 12.6. The lowest BCUT2D eigenvalue weighted by Gasteiger charge is -2.13. The molecular weight excluding hydrogens is 426 g/mol. The molecule has 8 nitrogen and oxygen atoms in total. The topological polar surface area (TPSA) is 96.7 Å². The van der Waals surface area contributed by atoms with Gasteiger partial charge >= 0.3 is 0 Å². The number of aromatic nitrogens is 3. The van der Waals surface area contributed by atoms with Gasteiger partial charge in [0.05, 0.1) is 10.4 Å². The van der Waals surface area contributed by atoms with Crippen molar-refractivity contribution in [3.05, 3.63) is 65.5 Å². The zero-order chi connectivity index (χ0) is 23.0. The van der Waals surface area contributed by atoms with Gasteiger partial charge in [-0.25, -0.2) is 22.2 Å². The third kappa shape index (κ3) is 3.96. The van der Waals surface area contributed by atoms with Crippen LogP contribution in [0.3, 0.4) is 0 Å². The van der Waals surface area contributed by atoms with Crippen molar-refractivity contribution < 1.29 is 13.2 Å².